The summed E-state index contributed by atoms with van der Waals surface area (Å²) >= 11 is 0. The minimum Gasteiger partial charge on any atom is -0.491 e. The molecule has 1 aromatic heterocycles. The second-order valence-electron chi connectivity index (χ2n) is 4.79. The second-order valence-corrected chi connectivity index (χ2v) is 4.79. The van der Waals surface area contributed by atoms with Crippen molar-refractivity contribution in [3.05, 3.63) is 47.8 Å². The number of hydrogen-bond acceptors (Lipinski definition) is 4. The third kappa shape index (κ3) is 3.33. The molecule has 5 heteroatoms. The number of ether oxygens (including phenoxy) is 1. The zero-order chi connectivity index (χ0) is 13.8. The van der Waals surface area contributed by atoms with E-state index in [1.54, 1.807) is 10.9 Å². The maximum atomic E-state index is 5.70. The van der Waals surface area contributed by atoms with Gasteiger partial charge in [-0.2, -0.15) is 5.10 Å². The summed E-state index contributed by atoms with van der Waals surface area (Å²) in [5.41, 5.74) is 4.89. The lowest BCUT2D eigenvalue weighted by molar-refractivity contribution is 0.242. The van der Waals surface area contributed by atoms with Gasteiger partial charge in [0, 0.05) is 18.8 Å². The molecule has 0 radical (unpaired) electrons. The molecule has 0 fully saturated rings. The van der Waals surface area contributed by atoms with Gasteiger partial charge in [0.05, 0.1) is 18.3 Å². The fourth-order valence-corrected chi connectivity index (χ4v) is 2.01. The highest BCUT2D eigenvalue weighted by atomic mass is 16.5. The molecule has 0 aliphatic heterocycles. The molecular formula is C14H20N4O. The summed E-state index contributed by atoms with van der Waals surface area (Å²) in [6.45, 7) is 4.01. The minimum atomic E-state index is -0.0931. The fourth-order valence-electron chi connectivity index (χ4n) is 2.01. The third-order valence-electron chi connectivity index (χ3n) is 2.79. The molecule has 1 aromatic carbocycles. The zero-order valence-electron chi connectivity index (χ0n) is 11.5. The van der Waals surface area contributed by atoms with Crippen molar-refractivity contribution in [1.29, 1.82) is 0 Å². The van der Waals surface area contributed by atoms with E-state index >= 15 is 0 Å². The van der Waals surface area contributed by atoms with Gasteiger partial charge in [-0.15, -0.1) is 0 Å². The van der Waals surface area contributed by atoms with Crippen LogP contribution in [0.15, 0.2) is 36.7 Å². The molecule has 0 aliphatic rings. The predicted molar refractivity (Wildman–Crippen MR) is 74.6 cm³/mol. The number of rotatable bonds is 5. The molecule has 2 aromatic rings. The van der Waals surface area contributed by atoms with Gasteiger partial charge in [0.2, 0.25) is 0 Å². The van der Waals surface area contributed by atoms with E-state index in [1.807, 2.05) is 51.4 Å². The monoisotopic (exact) mass is 260 g/mol. The van der Waals surface area contributed by atoms with Crippen molar-refractivity contribution < 1.29 is 4.74 Å². The number of benzene rings is 1. The summed E-state index contributed by atoms with van der Waals surface area (Å²) in [7, 11) is 1.88. The number of aromatic nitrogens is 2. The standard InChI is InChI=1S/C14H20N4O/c1-10(2)19-13-6-4-5-11(7-13)14(17-15)12-8-16-18(3)9-12/h4-10,14,17H,15H2,1-3H3. The van der Waals surface area contributed by atoms with Crippen molar-refractivity contribution in [2.24, 2.45) is 12.9 Å². The number of aryl methyl sites for hydroxylation is 1. The highest BCUT2D eigenvalue weighted by Gasteiger charge is 2.14. The van der Waals surface area contributed by atoms with E-state index in [-0.39, 0.29) is 12.1 Å². The van der Waals surface area contributed by atoms with Crippen LogP contribution in [0, 0.1) is 0 Å². The van der Waals surface area contributed by atoms with Gasteiger partial charge in [0.25, 0.3) is 0 Å². The first-order valence-corrected chi connectivity index (χ1v) is 6.31. The van der Waals surface area contributed by atoms with Crippen molar-refractivity contribution in [2.75, 3.05) is 0 Å². The molecule has 0 saturated heterocycles. The van der Waals surface area contributed by atoms with Crippen LogP contribution in [-0.2, 0) is 7.05 Å². The van der Waals surface area contributed by atoms with Gasteiger partial charge in [-0.3, -0.25) is 10.5 Å². The minimum absolute atomic E-state index is 0.0931. The molecule has 0 spiro atoms. The van der Waals surface area contributed by atoms with E-state index in [2.05, 4.69) is 10.5 Å². The highest BCUT2D eigenvalue weighted by Crippen LogP contribution is 2.24. The van der Waals surface area contributed by atoms with Crippen LogP contribution >= 0.6 is 0 Å². The third-order valence-corrected chi connectivity index (χ3v) is 2.79. The van der Waals surface area contributed by atoms with Crippen LogP contribution in [0.1, 0.15) is 31.0 Å². The van der Waals surface area contributed by atoms with Crippen molar-refractivity contribution in [3.8, 4) is 5.75 Å². The molecular weight excluding hydrogens is 240 g/mol. The normalized spacial score (nSPS) is 12.7. The number of hydrogen-bond donors (Lipinski definition) is 2. The Morgan fingerprint density at radius 2 is 2.11 bits per heavy atom. The first-order valence-electron chi connectivity index (χ1n) is 6.31. The Bertz CT molecular complexity index is 536. The van der Waals surface area contributed by atoms with E-state index in [1.165, 1.54) is 0 Å². The van der Waals surface area contributed by atoms with E-state index in [9.17, 15) is 0 Å². The average Bonchev–Trinajstić information content (AvgIpc) is 2.76. The van der Waals surface area contributed by atoms with Gasteiger partial charge in [0.15, 0.2) is 0 Å². The van der Waals surface area contributed by atoms with E-state index in [0.29, 0.717) is 0 Å². The second kappa shape index (κ2) is 5.86. The summed E-state index contributed by atoms with van der Waals surface area (Å²) in [6, 6.07) is 7.83. The van der Waals surface area contributed by atoms with Crippen LogP contribution < -0.4 is 16.0 Å². The number of hydrazine groups is 1. The van der Waals surface area contributed by atoms with Gasteiger partial charge in [-0.1, -0.05) is 12.1 Å². The zero-order valence-corrected chi connectivity index (χ0v) is 11.5. The van der Waals surface area contributed by atoms with Crippen molar-refractivity contribution in [2.45, 2.75) is 26.0 Å². The maximum Gasteiger partial charge on any atom is 0.120 e. The lowest BCUT2D eigenvalue weighted by atomic mass is 10.0. The Morgan fingerprint density at radius 1 is 1.32 bits per heavy atom. The summed E-state index contributed by atoms with van der Waals surface area (Å²) in [5.74, 6) is 6.51. The summed E-state index contributed by atoms with van der Waals surface area (Å²) in [5, 5.41) is 4.17. The van der Waals surface area contributed by atoms with Crippen LogP contribution in [0.2, 0.25) is 0 Å². The summed E-state index contributed by atoms with van der Waals surface area (Å²) in [4.78, 5) is 0. The maximum absolute atomic E-state index is 5.70. The lowest BCUT2D eigenvalue weighted by Crippen LogP contribution is -2.28. The SMILES string of the molecule is CC(C)Oc1cccc(C(NN)c2cnn(C)c2)c1. The molecule has 0 saturated carbocycles. The fraction of sp³-hybridized carbons (Fsp3) is 0.357. The molecule has 3 N–H and O–H groups in total. The molecule has 2 rings (SSSR count). The van der Waals surface area contributed by atoms with Gasteiger partial charge in [-0.05, 0) is 31.5 Å². The Morgan fingerprint density at radius 3 is 2.68 bits per heavy atom. The van der Waals surface area contributed by atoms with Gasteiger partial charge >= 0.3 is 0 Å². The number of nitrogens with one attached hydrogen (secondary N) is 1. The molecule has 0 bridgehead atoms. The van der Waals surface area contributed by atoms with Gasteiger partial charge in [0.1, 0.15) is 5.75 Å². The number of nitrogens with zero attached hydrogens (tertiary/aromatic N) is 2. The smallest absolute Gasteiger partial charge is 0.120 e. The lowest BCUT2D eigenvalue weighted by Gasteiger charge is -2.17. The Balaban J connectivity index is 2.28. The molecule has 1 unspecified atom stereocenters. The quantitative estimate of drug-likeness (QED) is 0.635. The van der Waals surface area contributed by atoms with Crippen LogP contribution in [-0.4, -0.2) is 15.9 Å². The topological polar surface area (TPSA) is 65.1 Å². The summed E-state index contributed by atoms with van der Waals surface area (Å²) < 4.78 is 7.46. The van der Waals surface area contributed by atoms with Crippen LogP contribution in [0.3, 0.4) is 0 Å². The van der Waals surface area contributed by atoms with Crippen molar-refractivity contribution in [3.63, 3.8) is 0 Å². The van der Waals surface area contributed by atoms with E-state index in [0.717, 1.165) is 16.9 Å². The van der Waals surface area contributed by atoms with Crippen LogP contribution in [0.25, 0.3) is 0 Å². The Kier molecular flexibility index (Phi) is 4.19. The van der Waals surface area contributed by atoms with Crippen molar-refractivity contribution >= 4 is 0 Å². The number of nitrogens with two attached hydrogens (primary N) is 1. The molecule has 0 aliphatic carbocycles. The molecule has 19 heavy (non-hydrogen) atoms. The molecule has 1 heterocycles. The first kappa shape index (κ1) is 13.6. The van der Waals surface area contributed by atoms with Gasteiger partial charge in [-0.25, -0.2) is 5.43 Å². The van der Waals surface area contributed by atoms with E-state index < -0.39 is 0 Å². The first-order chi connectivity index (χ1) is 9.10. The average molecular weight is 260 g/mol. The largest absolute Gasteiger partial charge is 0.491 e. The van der Waals surface area contributed by atoms with Crippen LogP contribution in [0.4, 0.5) is 0 Å². The van der Waals surface area contributed by atoms with Gasteiger partial charge < -0.3 is 4.74 Å². The molecule has 1 atom stereocenters. The predicted octanol–water partition coefficient (Wildman–Crippen LogP) is 1.76. The summed E-state index contributed by atoms with van der Waals surface area (Å²) in [6.07, 6.45) is 3.90. The highest BCUT2D eigenvalue weighted by molar-refractivity contribution is 5.35. The van der Waals surface area contributed by atoms with E-state index in [4.69, 9.17) is 10.6 Å². The molecule has 102 valence electrons. The van der Waals surface area contributed by atoms with Crippen LogP contribution in [0.5, 0.6) is 5.75 Å². The Labute approximate surface area is 113 Å². The Hall–Kier alpha value is -1.85. The van der Waals surface area contributed by atoms with Crippen molar-refractivity contribution in [1.82, 2.24) is 15.2 Å². The molecule has 0 amide bonds. The molecule has 5 nitrogen and oxygen atoms in total.